The van der Waals surface area contributed by atoms with Gasteiger partial charge in [-0.1, -0.05) is 5.92 Å². The van der Waals surface area contributed by atoms with Gasteiger partial charge in [0.2, 0.25) is 0 Å². The van der Waals surface area contributed by atoms with Crippen molar-refractivity contribution in [3.63, 3.8) is 0 Å². The molecule has 3 nitrogen and oxygen atoms in total. The van der Waals surface area contributed by atoms with Crippen LogP contribution in [-0.4, -0.2) is 35.1 Å². The molecule has 0 amide bonds. The van der Waals surface area contributed by atoms with E-state index >= 15 is 0 Å². The Bertz CT molecular complexity index is 102. The molecule has 0 spiro atoms. The van der Waals surface area contributed by atoms with Crippen LogP contribution < -0.4 is 0 Å². The molecule has 0 unspecified atom stereocenters. The van der Waals surface area contributed by atoms with Crippen LogP contribution in [0.1, 0.15) is 0 Å². The molecule has 3 N–H and O–H groups in total. The minimum Gasteiger partial charge on any atom is -0.395 e. The third-order valence-electron chi connectivity index (χ3n) is 1.21. The summed E-state index contributed by atoms with van der Waals surface area (Å²) < 4.78 is 0. The van der Waals surface area contributed by atoms with E-state index in [2.05, 4.69) is 5.92 Å². The molecule has 0 fully saturated rings. The zero-order chi connectivity index (χ0) is 7.33. The van der Waals surface area contributed by atoms with Crippen molar-refractivity contribution in [2.75, 3.05) is 19.8 Å². The van der Waals surface area contributed by atoms with E-state index in [4.69, 9.17) is 21.7 Å². The summed E-state index contributed by atoms with van der Waals surface area (Å²) in [5.74, 6) is 2.11. The lowest BCUT2D eigenvalue weighted by atomic mass is 9.93. The van der Waals surface area contributed by atoms with Gasteiger partial charge in [-0.25, -0.2) is 0 Å². The molecule has 0 heterocycles. The summed E-state index contributed by atoms with van der Waals surface area (Å²) in [5, 5.41) is 25.5. The van der Waals surface area contributed by atoms with E-state index in [-0.39, 0.29) is 0 Å². The highest BCUT2D eigenvalue weighted by Gasteiger charge is 2.24. The average Bonchev–Trinajstić information content (AvgIpc) is 1.95. The first kappa shape index (κ1) is 8.44. The Labute approximate surface area is 53.9 Å². The summed E-state index contributed by atoms with van der Waals surface area (Å²) in [6.45, 7) is -1.18. The molecule has 0 atom stereocenters. The summed E-state index contributed by atoms with van der Waals surface area (Å²) in [6, 6.07) is 0. The highest BCUT2D eigenvalue weighted by atomic mass is 16.3. The Balaban J connectivity index is 4.04. The fraction of sp³-hybridized carbons (Fsp3) is 0.667. The molecule has 52 valence electrons. The maximum absolute atomic E-state index is 8.51. The zero-order valence-corrected chi connectivity index (χ0v) is 5.04. The lowest BCUT2D eigenvalue weighted by Gasteiger charge is -2.19. The van der Waals surface area contributed by atoms with E-state index in [1.165, 1.54) is 0 Å². The van der Waals surface area contributed by atoms with Gasteiger partial charge >= 0.3 is 0 Å². The van der Waals surface area contributed by atoms with Crippen molar-refractivity contribution in [1.29, 1.82) is 0 Å². The number of terminal acetylenes is 1. The lowest BCUT2D eigenvalue weighted by molar-refractivity contribution is 0.0491. The van der Waals surface area contributed by atoms with Gasteiger partial charge in [0.05, 0.1) is 19.8 Å². The predicted octanol–water partition coefficient (Wildman–Crippen LogP) is -1.42. The molecule has 0 radical (unpaired) electrons. The molecule has 3 heteroatoms. The molecule has 0 aliphatic heterocycles. The summed E-state index contributed by atoms with van der Waals surface area (Å²) in [4.78, 5) is 0. The van der Waals surface area contributed by atoms with E-state index in [9.17, 15) is 0 Å². The Morgan fingerprint density at radius 3 is 1.44 bits per heavy atom. The maximum Gasteiger partial charge on any atom is 0.100 e. The van der Waals surface area contributed by atoms with Crippen LogP contribution in [0.4, 0.5) is 0 Å². The van der Waals surface area contributed by atoms with Gasteiger partial charge in [0.15, 0.2) is 0 Å². The summed E-state index contributed by atoms with van der Waals surface area (Å²) in [6.07, 6.45) is 4.91. The fourth-order valence-corrected chi connectivity index (χ4v) is 0.287. The minimum atomic E-state index is -1.14. The van der Waals surface area contributed by atoms with Crippen LogP contribution in [0.15, 0.2) is 0 Å². The second kappa shape index (κ2) is 3.46. The molecule has 0 aliphatic rings. The highest BCUT2D eigenvalue weighted by Crippen LogP contribution is 2.11. The lowest BCUT2D eigenvalue weighted by Crippen LogP contribution is -2.31. The van der Waals surface area contributed by atoms with Gasteiger partial charge in [-0.15, -0.1) is 6.42 Å². The molecular formula is C6H10O3. The minimum absolute atomic E-state index is 0.392. The van der Waals surface area contributed by atoms with Gasteiger partial charge < -0.3 is 15.3 Å². The number of aliphatic hydroxyl groups excluding tert-OH is 3. The Kier molecular flexibility index (Phi) is 3.25. The zero-order valence-electron chi connectivity index (χ0n) is 5.04. The van der Waals surface area contributed by atoms with Gasteiger partial charge in [0.25, 0.3) is 0 Å². The van der Waals surface area contributed by atoms with Gasteiger partial charge in [-0.3, -0.25) is 0 Å². The second-order valence-corrected chi connectivity index (χ2v) is 1.90. The molecule has 0 aromatic rings. The fourth-order valence-electron chi connectivity index (χ4n) is 0.287. The van der Waals surface area contributed by atoms with Crippen LogP contribution in [0.3, 0.4) is 0 Å². The van der Waals surface area contributed by atoms with Crippen molar-refractivity contribution >= 4 is 0 Å². The van der Waals surface area contributed by atoms with Crippen molar-refractivity contribution in [3.05, 3.63) is 0 Å². The second-order valence-electron chi connectivity index (χ2n) is 1.90. The van der Waals surface area contributed by atoms with E-state index in [0.717, 1.165) is 0 Å². The summed E-state index contributed by atoms with van der Waals surface area (Å²) >= 11 is 0. The van der Waals surface area contributed by atoms with E-state index in [0.29, 0.717) is 0 Å². The van der Waals surface area contributed by atoms with E-state index in [1.807, 2.05) is 0 Å². The van der Waals surface area contributed by atoms with Crippen molar-refractivity contribution in [2.45, 2.75) is 0 Å². The smallest absolute Gasteiger partial charge is 0.100 e. The van der Waals surface area contributed by atoms with Crippen LogP contribution in [-0.2, 0) is 0 Å². The molecule has 0 rings (SSSR count). The molecule has 0 saturated carbocycles. The number of hydrogen-bond acceptors (Lipinski definition) is 3. The first-order valence-electron chi connectivity index (χ1n) is 2.55. The number of aliphatic hydroxyl groups is 3. The summed E-state index contributed by atoms with van der Waals surface area (Å²) in [5.41, 5.74) is -1.14. The monoisotopic (exact) mass is 130 g/mol. The third kappa shape index (κ3) is 1.68. The largest absolute Gasteiger partial charge is 0.395 e. The van der Waals surface area contributed by atoms with Crippen LogP contribution in [0.2, 0.25) is 0 Å². The quantitative estimate of drug-likeness (QED) is 0.411. The first-order chi connectivity index (χ1) is 4.24. The first-order valence-corrected chi connectivity index (χ1v) is 2.55. The van der Waals surface area contributed by atoms with Crippen molar-refractivity contribution in [1.82, 2.24) is 0 Å². The van der Waals surface area contributed by atoms with Crippen LogP contribution >= 0.6 is 0 Å². The van der Waals surface area contributed by atoms with Gasteiger partial charge in [-0.05, 0) is 0 Å². The molecular weight excluding hydrogens is 120 g/mol. The molecule has 0 aliphatic carbocycles. The molecule has 0 aromatic heterocycles. The van der Waals surface area contributed by atoms with Crippen LogP contribution in [0.25, 0.3) is 0 Å². The molecule has 0 aromatic carbocycles. The maximum atomic E-state index is 8.51. The Hall–Kier alpha value is -0.560. The van der Waals surface area contributed by atoms with Gasteiger partial charge in [0, 0.05) is 0 Å². The van der Waals surface area contributed by atoms with Gasteiger partial charge in [-0.2, -0.15) is 0 Å². The standard InChI is InChI=1S/C6H10O3/c1-2-6(3-7,4-8)5-9/h1,7-9H,3-5H2. The van der Waals surface area contributed by atoms with Crippen LogP contribution in [0.5, 0.6) is 0 Å². The molecule has 0 bridgehead atoms. The van der Waals surface area contributed by atoms with Crippen LogP contribution in [0, 0.1) is 17.8 Å². The highest BCUT2D eigenvalue weighted by molar-refractivity contribution is 5.05. The normalized spacial score (nSPS) is 10.9. The number of rotatable bonds is 3. The van der Waals surface area contributed by atoms with E-state index < -0.39 is 25.2 Å². The Morgan fingerprint density at radius 2 is 1.44 bits per heavy atom. The van der Waals surface area contributed by atoms with Gasteiger partial charge in [0.1, 0.15) is 5.41 Å². The Morgan fingerprint density at radius 1 is 1.11 bits per heavy atom. The van der Waals surface area contributed by atoms with Crippen molar-refractivity contribution < 1.29 is 15.3 Å². The summed E-state index contributed by atoms with van der Waals surface area (Å²) in [7, 11) is 0. The van der Waals surface area contributed by atoms with E-state index in [1.54, 1.807) is 0 Å². The average molecular weight is 130 g/mol. The predicted molar refractivity (Wildman–Crippen MR) is 32.5 cm³/mol. The molecule has 0 saturated heterocycles. The van der Waals surface area contributed by atoms with Crippen molar-refractivity contribution in [2.24, 2.45) is 5.41 Å². The number of hydrogen-bond donors (Lipinski definition) is 3. The van der Waals surface area contributed by atoms with Crippen molar-refractivity contribution in [3.8, 4) is 12.3 Å². The topological polar surface area (TPSA) is 60.7 Å². The SMILES string of the molecule is C#CC(CO)(CO)CO. The third-order valence-corrected chi connectivity index (χ3v) is 1.21. The molecule has 9 heavy (non-hydrogen) atoms.